The number of H-pyrrole nitrogens is 1. The molecule has 0 saturated carbocycles. The fraction of sp³-hybridized carbons (Fsp3) is 0.115. The molecule has 8 heteroatoms. The third-order valence-electron chi connectivity index (χ3n) is 6.10. The van der Waals surface area contributed by atoms with E-state index in [1.807, 2.05) is 6.20 Å². The van der Waals surface area contributed by atoms with Gasteiger partial charge in [-0.05, 0) is 66.1 Å². The maximum Gasteiger partial charge on any atom is 0.291 e. The number of hydrogen-bond donors (Lipinski definition) is 2. The molecule has 7 nitrogen and oxygen atoms in total. The first-order chi connectivity index (χ1) is 16.5. The van der Waals surface area contributed by atoms with Gasteiger partial charge in [-0.15, -0.1) is 0 Å². The largest absolute Gasteiger partial charge is 0.459 e. The molecule has 0 aliphatic carbocycles. The molecule has 3 aromatic heterocycles. The zero-order valence-electron chi connectivity index (χ0n) is 18.3. The molecule has 2 aromatic carbocycles. The molecule has 0 fully saturated rings. The number of amides is 1. The molecule has 168 valence electrons. The zero-order valence-corrected chi connectivity index (χ0v) is 19.1. The summed E-state index contributed by atoms with van der Waals surface area (Å²) in [5.41, 5.74) is 7.44. The smallest absolute Gasteiger partial charge is 0.291 e. The number of anilines is 2. The van der Waals surface area contributed by atoms with Crippen molar-refractivity contribution in [3.8, 4) is 22.5 Å². The Balaban J connectivity index is 1.32. The minimum absolute atomic E-state index is 0.232. The second-order valence-electron chi connectivity index (χ2n) is 8.32. The predicted octanol–water partition coefficient (Wildman–Crippen LogP) is 5.78. The van der Waals surface area contributed by atoms with Gasteiger partial charge in [0.25, 0.3) is 5.91 Å². The van der Waals surface area contributed by atoms with Crippen molar-refractivity contribution in [2.75, 3.05) is 23.8 Å². The van der Waals surface area contributed by atoms with Crippen LogP contribution in [-0.4, -0.2) is 34.5 Å². The number of aromatic nitrogens is 3. The molecule has 0 atom stereocenters. The van der Waals surface area contributed by atoms with Crippen LogP contribution in [0.5, 0.6) is 0 Å². The lowest BCUT2D eigenvalue weighted by molar-refractivity contribution is 0.0996. The fourth-order valence-corrected chi connectivity index (χ4v) is 4.52. The number of aromatic amines is 1. The van der Waals surface area contributed by atoms with Crippen LogP contribution in [0.25, 0.3) is 33.7 Å². The van der Waals surface area contributed by atoms with E-state index in [0.717, 1.165) is 29.6 Å². The van der Waals surface area contributed by atoms with Gasteiger partial charge in [0.1, 0.15) is 5.82 Å². The summed E-state index contributed by atoms with van der Waals surface area (Å²) >= 11 is 6.47. The number of nitrogens with one attached hydrogen (secondary N) is 2. The van der Waals surface area contributed by atoms with Crippen LogP contribution in [0.1, 0.15) is 16.1 Å². The molecule has 2 N–H and O–H groups in total. The molecule has 1 aliphatic rings. The van der Waals surface area contributed by atoms with Gasteiger partial charge in [0.15, 0.2) is 11.4 Å². The van der Waals surface area contributed by atoms with Crippen LogP contribution in [-0.2, 0) is 6.42 Å². The zero-order chi connectivity index (χ0) is 23.2. The van der Waals surface area contributed by atoms with Crippen molar-refractivity contribution < 1.29 is 9.21 Å². The van der Waals surface area contributed by atoms with Gasteiger partial charge in [-0.25, -0.2) is 9.97 Å². The molecule has 0 bridgehead atoms. The molecule has 1 aliphatic heterocycles. The summed E-state index contributed by atoms with van der Waals surface area (Å²) in [5.74, 6) is 0.471. The van der Waals surface area contributed by atoms with Crippen LogP contribution < -0.4 is 10.2 Å². The highest BCUT2D eigenvalue weighted by Crippen LogP contribution is 2.33. The van der Waals surface area contributed by atoms with E-state index in [1.54, 1.807) is 30.3 Å². The minimum Gasteiger partial charge on any atom is -0.459 e. The van der Waals surface area contributed by atoms with Gasteiger partial charge in [-0.3, -0.25) is 4.79 Å². The Labute approximate surface area is 200 Å². The summed E-state index contributed by atoms with van der Waals surface area (Å²) in [6.07, 6.45) is 4.35. The highest BCUT2D eigenvalue weighted by molar-refractivity contribution is 6.33. The van der Waals surface area contributed by atoms with Crippen LogP contribution in [0.3, 0.4) is 0 Å². The molecular weight excluding hydrogens is 450 g/mol. The summed E-state index contributed by atoms with van der Waals surface area (Å²) in [5, 5.41) is 3.33. The van der Waals surface area contributed by atoms with Gasteiger partial charge in [0.05, 0.1) is 16.8 Å². The normalized spacial score (nSPS) is 12.8. The van der Waals surface area contributed by atoms with Crippen molar-refractivity contribution in [2.24, 2.45) is 0 Å². The predicted molar refractivity (Wildman–Crippen MR) is 133 cm³/mol. The van der Waals surface area contributed by atoms with Gasteiger partial charge in [-0.1, -0.05) is 17.7 Å². The SMILES string of the molecule is CN1CCc2cc(-c3cnc4nc(-c5cc(NC(=O)c6ccco6)ccc5Cl)[nH]c4c3)ccc21. The summed E-state index contributed by atoms with van der Waals surface area (Å²) in [7, 11) is 2.12. The van der Waals surface area contributed by atoms with E-state index < -0.39 is 0 Å². The number of carbonyl (C=O) groups is 1. The number of benzene rings is 2. The molecule has 0 saturated heterocycles. The lowest BCUT2D eigenvalue weighted by Gasteiger charge is -2.12. The molecule has 0 spiro atoms. The van der Waals surface area contributed by atoms with Crippen molar-refractivity contribution in [3.05, 3.63) is 83.4 Å². The molecule has 5 aromatic rings. The van der Waals surface area contributed by atoms with E-state index in [4.69, 9.17) is 16.0 Å². The van der Waals surface area contributed by atoms with E-state index in [9.17, 15) is 4.79 Å². The molecule has 34 heavy (non-hydrogen) atoms. The number of nitrogens with zero attached hydrogens (tertiary/aromatic N) is 3. The van der Waals surface area contributed by atoms with Crippen molar-refractivity contribution in [2.45, 2.75) is 6.42 Å². The van der Waals surface area contributed by atoms with Gasteiger partial charge in [0, 0.05) is 42.3 Å². The number of hydrogen-bond acceptors (Lipinski definition) is 5. The Hall–Kier alpha value is -4.10. The number of likely N-dealkylation sites (N-methyl/N-ethyl adjacent to an activating group) is 1. The third-order valence-corrected chi connectivity index (χ3v) is 6.43. The summed E-state index contributed by atoms with van der Waals surface area (Å²) in [6.45, 7) is 1.04. The topological polar surface area (TPSA) is 87.1 Å². The van der Waals surface area contributed by atoms with Crippen molar-refractivity contribution in [1.82, 2.24) is 15.0 Å². The number of furan rings is 1. The third kappa shape index (κ3) is 3.60. The van der Waals surface area contributed by atoms with Gasteiger partial charge >= 0.3 is 0 Å². The Morgan fingerprint density at radius 2 is 2.06 bits per heavy atom. The van der Waals surface area contributed by atoms with Crippen molar-refractivity contribution in [3.63, 3.8) is 0 Å². The van der Waals surface area contributed by atoms with Gasteiger partial charge < -0.3 is 19.6 Å². The van der Waals surface area contributed by atoms with E-state index in [2.05, 4.69) is 56.5 Å². The number of pyridine rings is 1. The number of carbonyl (C=O) groups excluding carboxylic acids is 1. The first kappa shape index (κ1) is 20.5. The number of fused-ring (bicyclic) bond motifs is 2. The molecule has 4 heterocycles. The first-order valence-electron chi connectivity index (χ1n) is 10.9. The second kappa shape index (κ2) is 8.04. The monoisotopic (exact) mass is 469 g/mol. The number of imidazole rings is 1. The summed E-state index contributed by atoms with van der Waals surface area (Å²) in [6, 6.07) is 17.1. The Morgan fingerprint density at radius 1 is 1.15 bits per heavy atom. The standard InChI is InChI=1S/C26H20ClN5O2/c1-32-9-8-16-11-15(4-7-22(16)32)17-12-21-25(28-14-17)31-24(30-21)19-13-18(5-6-20(19)27)29-26(33)23-3-2-10-34-23/h2-7,10-14H,8-9H2,1H3,(H,29,33)(H,28,30,31). The number of halogens is 1. The average Bonchev–Trinajstić information content (AvgIpc) is 3.60. The van der Waals surface area contributed by atoms with Crippen LogP contribution in [0.15, 0.2) is 71.5 Å². The lowest BCUT2D eigenvalue weighted by Crippen LogP contribution is -2.12. The lowest BCUT2D eigenvalue weighted by atomic mass is 10.0. The maximum absolute atomic E-state index is 12.3. The minimum atomic E-state index is -0.338. The summed E-state index contributed by atoms with van der Waals surface area (Å²) in [4.78, 5) is 27.1. The second-order valence-corrected chi connectivity index (χ2v) is 8.73. The molecule has 6 rings (SSSR count). The van der Waals surface area contributed by atoms with E-state index in [0.29, 0.717) is 27.7 Å². The van der Waals surface area contributed by atoms with Crippen molar-refractivity contribution >= 4 is 40.0 Å². The summed E-state index contributed by atoms with van der Waals surface area (Å²) < 4.78 is 5.16. The Bertz CT molecular complexity index is 1540. The molecule has 0 unspecified atom stereocenters. The van der Waals surface area contributed by atoms with Crippen LogP contribution >= 0.6 is 11.6 Å². The maximum atomic E-state index is 12.3. The van der Waals surface area contributed by atoms with Gasteiger partial charge in [0.2, 0.25) is 0 Å². The van der Waals surface area contributed by atoms with E-state index in [1.165, 1.54) is 17.5 Å². The average molecular weight is 470 g/mol. The van der Waals surface area contributed by atoms with E-state index >= 15 is 0 Å². The van der Waals surface area contributed by atoms with Crippen LogP contribution in [0.4, 0.5) is 11.4 Å². The number of rotatable bonds is 4. The highest BCUT2D eigenvalue weighted by Gasteiger charge is 2.17. The Kier molecular flexibility index (Phi) is 4.85. The fourth-order valence-electron chi connectivity index (χ4n) is 4.32. The highest BCUT2D eigenvalue weighted by atomic mass is 35.5. The van der Waals surface area contributed by atoms with Gasteiger partial charge in [-0.2, -0.15) is 0 Å². The molecule has 1 amide bonds. The van der Waals surface area contributed by atoms with E-state index in [-0.39, 0.29) is 11.7 Å². The first-order valence-corrected chi connectivity index (χ1v) is 11.3. The Morgan fingerprint density at radius 3 is 2.91 bits per heavy atom. The molecular formula is C26H20ClN5O2. The van der Waals surface area contributed by atoms with Crippen LogP contribution in [0, 0.1) is 0 Å². The van der Waals surface area contributed by atoms with Crippen molar-refractivity contribution in [1.29, 1.82) is 0 Å². The molecule has 0 radical (unpaired) electrons. The van der Waals surface area contributed by atoms with Crippen LogP contribution in [0.2, 0.25) is 5.02 Å². The quantitative estimate of drug-likeness (QED) is 0.348.